The topological polar surface area (TPSA) is 141 Å². The molecule has 2 bridgehead atoms. The molecule has 6 rings (SSSR count). The lowest BCUT2D eigenvalue weighted by atomic mass is 10.0. The lowest BCUT2D eigenvalue weighted by molar-refractivity contribution is -0.128. The summed E-state index contributed by atoms with van der Waals surface area (Å²) in [6.07, 6.45) is 6.18. The Hall–Kier alpha value is -4.80. The van der Waals surface area contributed by atoms with E-state index < -0.39 is 0 Å². The van der Waals surface area contributed by atoms with Gasteiger partial charge in [0.15, 0.2) is 5.65 Å². The van der Waals surface area contributed by atoms with Gasteiger partial charge in [0.2, 0.25) is 5.91 Å². The Kier molecular flexibility index (Phi) is 5.74. The minimum atomic E-state index is -0.319. The highest BCUT2D eigenvalue weighted by Crippen LogP contribution is 2.46. The third kappa shape index (κ3) is 3.83. The van der Waals surface area contributed by atoms with Crippen molar-refractivity contribution in [3.05, 3.63) is 67.1 Å². The molecule has 2 aliphatic rings. The number of carbonyl (C=O) groups excluding carboxylic acids is 2. The Morgan fingerprint density at radius 3 is 2.74 bits per heavy atom. The molecule has 2 fully saturated rings. The van der Waals surface area contributed by atoms with Gasteiger partial charge in [-0.15, -0.1) is 0 Å². The molecule has 0 unspecified atom stereocenters. The molecule has 11 nitrogen and oxygen atoms in total. The van der Waals surface area contributed by atoms with Crippen LogP contribution in [0, 0.1) is 5.92 Å². The van der Waals surface area contributed by atoms with Crippen LogP contribution >= 0.6 is 0 Å². The number of nitrogen functional groups attached to an aromatic ring is 1. The van der Waals surface area contributed by atoms with E-state index in [0.29, 0.717) is 45.3 Å². The van der Waals surface area contributed by atoms with Crippen molar-refractivity contribution in [3.63, 3.8) is 0 Å². The standard InChI is InChI=1S/C27H26N8O3/c1-3-22(36)34-13-15-10-18(34)19(11-15)35-26-23(25(28)30-14-31-26)24(33-35)17-8-7-16(12-20(17)38-2)27(37)32-21-6-4-5-9-29-21/h3-9,12,14-15,18-19H,1,10-11,13H2,2H3,(H2,28,30,31)(H,29,32,37)/t15-,18-,19-/m1/s1. The second-order valence-electron chi connectivity index (χ2n) is 9.50. The van der Waals surface area contributed by atoms with E-state index in [1.165, 1.54) is 19.5 Å². The van der Waals surface area contributed by atoms with Crippen LogP contribution in [0.15, 0.2) is 61.6 Å². The molecule has 11 heteroatoms. The van der Waals surface area contributed by atoms with Crippen molar-refractivity contribution in [2.24, 2.45) is 5.92 Å². The molecule has 0 spiro atoms. The van der Waals surface area contributed by atoms with Crippen molar-refractivity contribution in [1.82, 2.24) is 29.6 Å². The van der Waals surface area contributed by atoms with Crippen LogP contribution in [0.5, 0.6) is 5.75 Å². The first kappa shape index (κ1) is 23.6. The molecule has 3 N–H and O–H groups in total. The lowest BCUT2D eigenvalue weighted by Crippen LogP contribution is -2.42. The molecule has 3 atom stereocenters. The number of hydrogen-bond donors (Lipinski definition) is 2. The molecule has 2 amide bonds. The van der Waals surface area contributed by atoms with Gasteiger partial charge in [-0.3, -0.25) is 9.59 Å². The van der Waals surface area contributed by atoms with Gasteiger partial charge < -0.3 is 20.7 Å². The molecule has 0 radical (unpaired) electrons. The van der Waals surface area contributed by atoms with E-state index in [0.717, 1.165) is 19.4 Å². The fourth-order valence-electron chi connectivity index (χ4n) is 5.69. The molecule has 1 aliphatic carbocycles. The number of nitrogens with one attached hydrogen (secondary N) is 1. The average molecular weight is 511 g/mol. The number of benzene rings is 1. The summed E-state index contributed by atoms with van der Waals surface area (Å²) in [5.41, 5.74) is 8.53. The van der Waals surface area contributed by atoms with E-state index in [2.05, 4.69) is 26.8 Å². The zero-order valence-corrected chi connectivity index (χ0v) is 20.7. The SMILES string of the molecule is C=CC(=O)N1C[C@@H]2C[C@@H]1[C@H](n1nc(-c3ccc(C(=O)Nc4ccccn4)cc3OC)c3c(N)ncnc31)C2. The highest BCUT2D eigenvalue weighted by atomic mass is 16.5. The van der Waals surface area contributed by atoms with Gasteiger partial charge in [-0.2, -0.15) is 5.10 Å². The van der Waals surface area contributed by atoms with Crippen molar-refractivity contribution in [2.45, 2.75) is 24.9 Å². The zero-order chi connectivity index (χ0) is 26.4. The Bertz CT molecular complexity index is 1570. The lowest BCUT2D eigenvalue weighted by Gasteiger charge is -2.32. The minimum absolute atomic E-state index is 0.00259. The van der Waals surface area contributed by atoms with Gasteiger partial charge >= 0.3 is 0 Å². The second kappa shape index (κ2) is 9.25. The van der Waals surface area contributed by atoms with Gasteiger partial charge in [0.25, 0.3) is 5.91 Å². The van der Waals surface area contributed by atoms with Crippen LogP contribution < -0.4 is 15.8 Å². The number of fused-ring (bicyclic) bond motifs is 3. The third-order valence-corrected chi connectivity index (χ3v) is 7.36. The number of ether oxygens (including phenoxy) is 1. The van der Waals surface area contributed by atoms with Gasteiger partial charge in [-0.05, 0) is 55.2 Å². The molecule has 4 aromatic rings. The second-order valence-corrected chi connectivity index (χ2v) is 9.50. The molecular weight excluding hydrogens is 484 g/mol. The van der Waals surface area contributed by atoms with Crippen LogP contribution in [0.3, 0.4) is 0 Å². The highest BCUT2D eigenvalue weighted by molar-refractivity contribution is 6.05. The number of amides is 2. The quantitative estimate of drug-likeness (QED) is 0.377. The summed E-state index contributed by atoms with van der Waals surface area (Å²) in [4.78, 5) is 40.1. The predicted molar refractivity (Wildman–Crippen MR) is 141 cm³/mol. The maximum Gasteiger partial charge on any atom is 0.256 e. The molecule has 1 aliphatic heterocycles. The number of rotatable bonds is 6. The largest absolute Gasteiger partial charge is 0.496 e. The van der Waals surface area contributed by atoms with Crippen molar-refractivity contribution in [3.8, 4) is 17.0 Å². The summed E-state index contributed by atoms with van der Waals surface area (Å²) >= 11 is 0. The smallest absolute Gasteiger partial charge is 0.256 e. The van der Waals surface area contributed by atoms with Crippen LogP contribution in [0.2, 0.25) is 0 Å². The molecule has 1 aromatic carbocycles. The predicted octanol–water partition coefficient (Wildman–Crippen LogP) is 3.08. The van der Waals surface area contributed by atoms with Crippen LogP contribution in [-0.4, -0.2) is 61.1 Å². The van der Waals surface area contributed by atoms with Crippen LogP contribution in [0.25, 0.3) is 22.3 Å². The number of pyridine rings is 1. The molecule has 38 heavy (non-hydrogen) atoms. The number of likely N-dealkylation sites (tertiary alicyclic amines) is 1. The van der Waals surface area contributed by atoms with Gasteiger partial charge in [-0.1, -0.05) is 12.6 Å². The number of anilines is 2. The van der Waals surface area contributed by atoms with Crippen LogP contribution in [0.1, 0.15) is 29.2 Å². The van der Waals surface area contributed by atoms with E-state index in [1.54, 1.807) is 42.6 Å². The number of nitrogens with two attached hydrogens (primary N) is 1. The van der Waals surface area contributed by atoms with Gasteiger partial charge in [0.05, 0.1) is 24.6 Å². The maximum absolute atomic E-state index is 12.9. The van der Waals surface area contributed by atoms with Crippen LogP contribution in [-0.2, 0) is 4.79 Å². The van der Waals surface area contributed by atoms with Crippen molar-refractivity contribution >= 4 is 34.5 Å². The summed E-state index contributed by atoms with van der Waals surface area (Å²) in [7, 11) is 1.53. The molecular formula is C27H26N8O3. The summed E-state index contributed by atoms with van der Waals surface area (Å²) in [6, 6.07) is 10.4. The summed E-state index contributed by atoms with van der Waals surface area (Å²) in [5.74, 6) is 1.18. The third-order valence-electron chi connectivity index (χ3n) is 7.36. The number of piperidine rings is 1. The normalized spacial score (nSPS) is 20.0. The van der Waals surface area contributed by atoms with Crippen LogP contribution in [0.4, 0.5) is 11.6 Å². The van der Waals surface area contributed by atoms with E-state index in [4.69, 9.17) is 15.6 Å². The van der Waals surface area contributed by atoms with Gasteiger partial charge in [0.1, 0.15) is 29.4 Å². The highest BCUT2D eigenvalue weighted by Gasteiger charge is 2.48. The van der Waals surface area contributed by atoms with E-state index in [1.807, 2.05) is 9.58 Å². The summed E-state index contributed by atoms with van der Waals surface area (Å²) in [6.45, 7) is 4.38. The Morgan fingerprint density at radius 2 is 2.00 bits per heavy atom. The number of nitrogens with zero attached hydrogens (tertiary/aromatic N) is 6. The molecule has 192 valence electrons. The minimum Gasteiger partial charge on any atom is -0.496 e. The molecule has 4 heterocycles. The number of hydrogen-bond acceptors (Lipinski definition) is 8. The number of carbonyl (C=O) groups is 2. The van der Waals surface area contributed by atoms with E-state index in [9.17, 15) is 9.59 Å². The number of aromatic nitrogens is 5. The van der Waals surface area contributed by atoms with E-state index in [-0.39, 0.29) is 29.7 Å². The molecule has 3 aromatic heterocycles. The summed E-state index contributed by atoms with van der Waals surface area (Å²) < 4.78 is 7.56. The zero-order valence-electron chi connectivity index (χ0n) is 20.7. The maximum atomic E-state index is 12.9. The first-order valence-electron chi connectivity index (χ1n) is 12.3. The first-order valence-corrected chi connectivity index (χ1v) is 12.3. The fraction of sp³-hybridized carbons (Fsp3) is 0.259. The monoisotopic (exact) mass is 510 g/mol. The van der Waals surface area contributed by atoms with Gasteiger partial charge in [0, 0.05) is 23.9 Å². The Morgan fingerprint density at radius 1 is 1.16 bits per heavy atom. The Labute approximate surface area is 218 Å². The van der Waals surface area contributed by atoms with E-state index >= 15 is 0 Å². The van der Waals surface area contributed by atoms with Crippen molar-refractivity contribution in [1.29, 1.82) is 0 Å². The molecule has 1 saturated carbocycles. The summed E-state index contributed by atoms with van der Waals surface area (Å²) in [5, 5.41) is 8.35. The number of methoxy groups -OCH3 is 1. The molecule has 1 saturated heterocycles. The van der Waals surface area contributed by atoms with Gasteiger partial charge in [-0.25, -0.2) is 19.6 Å². The average Bonchev–Trinajstić information content (AvgIpc) is 3.66. The first-order chi connectivity index (χ1) is 18.5. The Balaban J connectivity index is 1.41. The van der Waals surface area contributed by atoms with Crippen molar-refractivity contribution < 1.29 is 14.3 Å². The van der Waals surface area contributed by atoms with Crippen molar-refractivity contribution in [2.75, 3.05) is 24.7 Å². The fourth-order valence-corrected chi connectivity index (χ4v) is 5.69.